The quantitative estimate of drug-likeness (QED) is 0.0530. The van der Waals surface area contributed by atoms with E-state index in [0.29, 0.717) is 47.5 Å². The van der Waals surface area contributed by atoms with Gasteiger partial charge in [-0.25, -0.2) is 0 Å². The number of carbonyl (C=O) groups excluding carboxylic acids is 2. The molecular formula is C59H65N3O8. The highest BCUT2D eigenvalue weighted by atomic mass is 16.6. The molecule has 0 unspecified atom stereocenters. The van der Waals surface area contributed by atoms with Crippen LogP contribution in [0.1, 0.15) is 97.4 Å². The minimum Gasteiger partial charge on any atom is -0.481 e. The lowest BCUT2D eigenvalue weighted by Crippen LogP contribution is -2.28. The monoisotopic (exact) mass is 943 g/mol. The van der Waals surface area contributed by atoms with Gasteiger partial charge in [0.2, 0.25) is 0 Å². The van der Waals surface area contributed by atoms with Crippen LogP contribution in [0.25, 0.3) is 6.08 Å². The molecule has 0 heterocycles. The van der Waals surface area contributed by atoms with Gasteiger partial charge >= 0.3 is 11.9 Å². The van der Waals surface area contributed by atoms with Gasteiger partial charge in [-0.3, -0.25) is 19.2 Å². The summed E-state index contributed by atoms with van der Waals surface area (Å²) in [4.78, 5) is 53.1. The second kappa shape index (κ2) is 22.1. The van der Waals surface area contributed by atoms with Crippen molar-refractivity contribution in [3.05, 3.63) is 177 Å². The van der Waals surface area contributed by atoms with Crippen LogP contribution in [0, 0.1) is 16.2 Å². The molecule has 0 radical (unpaired) electrons. The van der Waals surface area contributed by atoms with Gasteiger partial charge < -0.3 is 25.0 Å². The van der Waals surface area contributed by atoms with Crippen molar-refractivity contribution in [3.63, 3.8) is 0 Å². The van der Waals surface area contributed by atoms with Crippen molar-refractivity contribution < 1.29 is 39.2 Å². The molecule has 4 aromatic carbocycles. The molecule has 0 saturated heterocycles. The van der Waals surface area contributed by atoms with Crippen LogP contribution in [0.5, 0.6) is 0 Å². The van der Waals surface area contributed by atoms with Crippen molar-refractivity contribution in [2.75, 3.05) is 18.3 Å². The normalized spacial score (nSPS) is 14.8. The van der Waals surface area contributed by atoms with Crippen LogP contribution >= 0.6 is 0 Å². The number of carboxylic acid groups (broad SMARTS) is 2. The van der Waals surface area contributed by atoms with E-state index < -0.39 is 17.4 Å². The van der Waals surface area contributed by atoms with E-state index in [1.54, 1.807) is 0 Å². The molecule has 0 spiro atoms. The number of Topliss-reactive ketones (excluding diaryl/α,β-unsaturated/α-hetero) is 2. The molecule has 0 saturated carbocycles. The van der Waals surface area contributed by atoms with Crippen molar-refractivity contribution in [2.45, 2.75) is 94.4 Å². The number of ether oxygens (including phenoxy) is 1. The Morgan fingerprint density at radius 2 is 1.10 bits per heavy atom. The molecule has 11 nitrogen and oxygen atoms in total. The largest absolute Gasteiger partial charge is 0.481 e. The third-order valence-electron chi connectivity index (χ3n) is 12.1. The summed E-state index contributed by atoms with van der Waals surface area (Å²) >= 11 is 0. The molecule has 11 heteroatoms. The second-order valence-electron chi connectivity index (χ2n) is 20.8. The zero-order valence-electron chi connectivity index (χ0n) is 41.8. The maximum Gasteiger partial charge on any atom is 0.303 e. The van der Waals surface area contributed by atoms with Crippen LogP contribution in [0.4, 0.5) is 28.4 Å². The maximum absolute atomic E-state index is 14.0. The number of allylic oxidation sites excluding steroid dienone is 11. The Bertz CT molecular complexity index is 2830. The van der Waals surface area contributed by atoms with Gasteiger partial charge in [0.25, 0.3) is 0 Å². The predicted molar refractivity (Wildman–Crippen MR) is 277 cm³/mol. The number of rotatable bonds is 17. The molecule has 3 N–H and O–H groups in total. The molecule has 6 rings (SSSR count). The first-order valence-corrected chi connectivity index (χ1v) is 23.7. The van der Waals surface area contributed by atoms with E-state index >= 15 is 0 Å². The number of carbonyl (C=O) groups is 4. The Kier molecular flexibility index (Phi) is 16.5. The topological polar surface area (TPSA) is 166 Å². The fourth-order valence-electron chi connectivity index (χ4n) is 8.26. The summed E-state index contributed by atoms with van der Waals surface area (Å²) in [6.07, 6.45) is 12.5. The lowest BCUT2D eigenvalue weighted by Gasteiger charge is -2.32. The summed E-state index contributed by atoms with van der Waals surface area (Å²) in [6, 6.07) is 28.6. The van der Waals surface area contributed by atoms with Crippen molar-refractivity contribution in [3.8, 4) is 0 Å². The zero-order valence-corrected chi connectivity index (χ0v) is 41.8. The first-order chi connectivity index (χ1) is 33.0. The highest BCUT2D eigenvalue weighted by molar-refractivity contribution is 6.14. The number of aliphatic carboxylic acids is 2. The minimum absolute atomic E-state index is 0.0174. The molecule has 0 atom stereocenters. The van der Waals surface area contributed by atoms with E-state index in [1.165, 1.54) is 0 Å². The SMILES string of the molecule is CC(C)(C)C1=CC(=C2C=C(C(C)(C)C)C(=O)C(C(C)(C)C)=C2)C=C(/C=C/c2ccc(N=Nc3ccc(N(c4cccc(CCOCO)c4)c4cccc(CCC(=O)O)c4)cc3CCC(=O)O)cc2)C1=O. The Morgan fingerprint density at radius 1 is 0.586 bits per heavy atom. The van der Waals surface area contributed by atoms with Gasteiger partial charge in [-0.05, 0) is 148 Å². The number of hydrogen-bond donors (Lipinski definition) is 3. The third-order valence-corrected chi connectivity index (χ3v) is 12.1. The Balaban J connectivity index is 1.32. The van der Waals surface area contributed by atoms with Crippen LogP contribution in [-0.2, 0) is 43.2 Å². The van der Waals surface area contributed by atoms with Crippen LogP contribution < -0.4 is 4.90 Å². The van der Waals surface area contributed by atoms with Crippen molar-refractivity contribution in [1.82, 2.24) is 0 Å². The number of hydrogen-bond acceptors (Lipinski definition) is 9. The summed E-state index contributed by atoms with van der Waals surface area (Å²) in [6.45, 7) is 18.3. The van der Waals surface area contributed by atoms with Crippen LogP contribution in [0.15, 0.2) is 165 Å². The molecule has 0 bridgehead atoms. The molecule has 2 aliphatic rings. The average Bonchev–Trinajstić information content (AvgIpc) is 3.29. The molecule has 0 amide bonds. The lowest BCUT2D eigenvalue weighted by molar-refractivity contribution is -0.138. The van der Waals surface area contributed by atoms with E-state index in [9.17, 15) is 29.4 Å². The van der Waals surface area contributed by atoms with E-state index in [0.717, 1.165) is 56.0 Å². The van der Waals surface area contributed by atoms with Gasteiger partial charge in [0.1, 0.15) is 6.79 Å². The van der Waals surface area contributed by atoms with E-state index in [1.807, 2.05) is 195 Å². The van der Waals surface area contributed by atoms with Crippen LogP contribution in [0.2, 0.25) is 0 Å². The molecule has 364 valence electrons. The summed E-state index contributed by atoms with van der Waals surface area (Å²) < 4.78 is 5.19. The van der Waals surface area contributed by atoms with Gasteiger partial charge in [-0.2, -0.15) is 10.2 Å². The highest BCUT2D eigenvalue weighted by Gasteiger charge is 2.35. The molecular weight excluding hydrogens is 879 g/mol. The number of ketones is 2. The van der Waals surface area contributed by atoms with Crippen molar-refractivity contribution in [2.24, 2.45) is 26.5 Å². The number of benzene rings is 4. The summed E-state index contributed by atoms with van der Waals surface area (Å²) in [5, 5.41) is 37.4. The summed E-state index contributed by atoms with van der Waals surface area (Å²) in [7, 11) is 0. The standard InChI is InChI=1S/C59H65N3O8/c1-57(2,3)49-34-43(44-35-50(58(4,5)6)56(69)51(36-44)59(7,8)9)32-42(55(49)68)20-16-38-17-22-45(23-18-38)60-61-52-25-24-48(33-41(52)21-27-54(66)67)62(46-14-10-12-39(30-46)19-26-53(64)65)47-15-11-13-40(31-47)28-29-70-37-63/h10-18,20,22-25,30-36,63H,19,21,26-29,37H2,1-9H3,(H,64,65)(H,66,67)/b20-16+,61-60?. The van der Waals surface area contributed by atoms with E-state index in [-0.39, 0.29) is 48.5 Å². The van der Waals surface area contributed by atoms with Crippen molar-refractivity contribution in [1.29, 1.82) is 0 Å². The zero-order chi connectivity index (χ0) is 51.0. The van der Waals surface area contributed by atoms with Crippen LogP contribution in [0.3, 0.4) is 0 Å². The minimum atomic E-state index is -0.953. The summed E-state index contributed by atoms with van der Waals surface area (Å²) in [5.41, 5.74) is 10.0. The van der Waals surface area contributed by atoms with Crippen molar-refractivity contribution >= 4 is 58.0 Å². The van der Waals surface area contributed by atoms with E-state index in [2.05, 4.69) is 10.2 Å². The fourth-order valence-corrected chi connectivity index (χ4v) is 8.26. The maximum atomic E-state index is 14.0. The Hall–Kier alpha value is -7.08. The van der Waals surface area contributed by atoms with Gasteiger partial charge in [0.15, 0.2) is 11.6 Å². The Morgan fingerprint density at radius 3 is 1.64 bits per heavy atom. The molecule has 70 heavy (non-hydrogen) atoms. The smallest absolute Gasteiger partial charge is 0.303 e. The number of anilines is 3. The number of aliphatic hydroxyl groups is 1. The Labute approximate surface area is 412 Å². The number of azo groups is 1. The second-order valence-corrected chi connectivity index (χ2v) is 20.8. The number of aryl methyl sites for hydroxylation is 2. The first-order valence-electron chi connectivity index (χ1n) is 23.7. The van der Waals surface area contributed by atoms with E-state index in [4.69, 9.17) is 9.84 Å². The molecule has 4 aromatic rings. The van der Waals surface area contributed by atoms with Crippen LogP contribution in [-0.4, -0.2) is 52.2 Å². The number of aliphatic hydroxyl groups excluding tert-OH is 1. The van der Waals surface area contributed by atoms with Gasteiger partial charge in [0, 0.05) is 52.2 Å². The first kappa shape index (κ1) is 52.3. The molecule has 0 fully saturated rings. The van der Waals surface area contributed by atoms with Gasteiger partial charge in [-0.15, -0.1) is 0 Å². The van der Waals surface area contributed by atoms with Gasteiger partial charge in [0.05, 0.1) is 18.0 Å². The fraction of sp³-hybridized carbons (Fsp3) is 0.322. The lowest BCUT2D eigenvalue weighted by atomic mass is 9.70. The molecule has 0 aromatic heterocycles. The third kappa shape index (κ3) is 13.6. The molecule has 2 aliphatic carbocycles. The number of nitrogens with zero attached hydrogens (tertiary/aromatic N) is 3. The summed E-state index contributed by atoms with van der Waals surface area (Å²) in [5.74, 6) is -1.84. The predicted octanol–water partition coefficient (Wildman–Crippen LogP) is 13.4. The molecule has 0 aliphatic heterocycles. The van der Waals surface area contributed by atoms with Gasteiger partial charge in [-0.1, -0.05) is 111 Å². The number of carboxylic acids is 2. The average molecular weight is 944 g/mol. The highest BCUT2D eigenvalue weighted by Crippen LogP contribution is 2.43.